The maximum atomic E-state index is 5.99. The quantitative estimate of drug-likeness (QED) is 0.858. The summed E-state index contributed by atoms with van der Waals surface area (Å²) in [5, 5.41) is 0. The summed E-state index contributed by atoms with van der Waals surface area (Å²) in [6.07, 6.45) is 7.79. The number of hydrogen-bond donors (Lipinski definition) is 1. The molecule has 0 heterocycles. The summed E-state index contributed by atoms with van der Waals surface area (Å²) in [7, 11) is 0. The van der Waals surface area contributed by atoms with Crippen LogP contribution in [0.3, 0.4) is 0 Å². The minimum atomic E-state index is 0.152. The lowest BCUT2D eigenvalue weighted by Gasteiger charge is -2.23. The Morgan fingerprint density at radius 2 is 1.82 bits per heavy atom. The molecule has 0 amide bonds. The molecule has 0 unspecified atom stereocenters. The van der Waals surface area contributed by atoms with Crippen molar-refractivity contribution in [2.75, 3.05) is 0 Å². The number of ether oxygens (including phenoxy) is 1. The predicted molar refractivity (Wildman–Crippen MR) is 71.2 cm³/mol. The standard InChI is InChI=1S/C15H23NO/c1-2-15(16)12-8-10-14(11-9-12)17-13-6-4-3-5-7-13/h8-11,13,15H,2-7,16H2,1H3/t15-/m1/s1. The van der Waals surface area contributed by atoms with Crippen molar-refractivity contribution in [1.29, 1.82) is 0 Å². The first-order valence-electron chi connectivity index (χ1n) is 6.82. The van der Waals surface area contributed by atoms with Crippen LogP contribution in [-0.2, 0) is 0 Å². The molecule has 94 valence electrons. The lowest BCUT2D eigenvalue weighted by atomic mass is 9.98. The third kappa shape index (κ3) is 3.47. The van der Waals surface area contributed by atoms with Gasteiger partial charge in [-0.15, -0.1) is 0 Å². The molecular weight excluding hydrogens is 210 g/mol. The van der Waals surface area contributed by atoms with Crippen molar-refractivity contribution in [3.05, 3.63) is 29.8 Å². The Hall–Kier alpha value is -1.02. The van der Waals surface area contributed by atoms with Crippen molar-refractivity contribution < 1.29 is 4.74 Å². The number of hydrogen-bond acceptors (Lipinski definition) is 2. The highest BCUT2D eigenvalue weighted by molar-refractivity contribution is 5.29. The van der Waals surface area contributed by atoms with Crippen molar-refractivity contribution in [3.8, 4) is 5.75 Å². The van der Waals surface area contributed by atoms with Crippen molar-refractivity contribution >= 4 is 0 Å². The fourth-order valence-electron chi connectivity index (χ4n) is 2.40. The Morgan fingerprint density at radius 3 is 2.41 bits per heavy atom. The molecule has 1 fully saturated rings. The first-order valence-corrected chi connectivity index (χ1v) is 6.82. The molecule has 0 aliphatic heterocycles. The Kier molecular flexibility index (Phi) is 4.43. The molecule has 1 aromatic carbocycles. The van der Waals surface area contributed by atoms with Gasteiger partial charge in [0.05, 0.1) is 6.10 Å². The van der Waals surface area contributed by atoms with Gasteiger partial charge in [0.1, 0.15) is 5.75 Å². The second kappa shape index (κ2) is 6.06. The fraction of sp³-hybridized carbons (Fsp3) is 0.600. The van der Waals surface area contributed by atoms with E-state index in [2.05, 4.69) is 31.2 Å². The SMILES string of the molecule is CC[C@@H](N)c1ccc(OC2CCCCC2)cc1. The van der Waals surface area contributed by atoms with Gasteiger partial charge in [0, 0.05) is 6.04 Å². The smallest absolute Gasteiger partial charge is 0.119 e. The highest BCUT2D eigenvalue weighted by atomic mass is 16.5. The van der Waals surface area contributed by atoms with Gasteiger partial charge in [0.15, 0.2) is 0 Å². The van der Waals surface area contributed by atoms with Crippen LogP contribution in [0.2, 0.25) is 0 Å². The summed E-state index contributed by atoms with van der Waals surface area (Å²) in [4.78, 5) is 0. The monoisotopic (exact) mass is 233 g/mol. The molecule has 2 nitrogen and oxygen atoms in total. The first-order chi connectivity index (χ1) is 8.29. The summed E-state index contributed by atoms with van der Waals surface area (Å²) in [5.41, 5.74) is 7.19. The zero-order valence-electron chi connectivity index (χ0n) is 10.7. The normalized spacial score (nSPS) is 18.9. The third-order valence-corrected chi connectivity index (χ3v) is 3.60. The average molecular weight is 233 g/mol. The molecule has 1 aromatic rings. The highest BCUT2D eigenvalue weighted by Crippen LogP contribution is 2.24. The van der Waals surface area contributed by atoms with E-state index in [4.69, 9.17) is 10.5 Å². The average Bonchev–Trinajstić information content (AvgIpc) is 2.40. The zero-order valence-corrected chi connectivity index (χ0v) is 10.7. The molecule has 2 heteroatoms. The van der Waals surface area contributed by atoms with Crippen molar-refractivity contribution in [3.63, 3.8) is 0 Å². The molecule has 0 spiro atoms. The van der Waals surface area contributed by atoms with Gasteiger partial charge in [-0.05, 0) is 49.8 Å². The second-order valence-corrected chi connectivity index (χ2v) is 4.96. The van der Waals surface area contributed by atoms with Crippen LogP contribution in [0.25, 0.3) is 0 Å². The summed E-state index contributed by atoms with van der Waals surface area (Å²) in [6.45, 7) is 2.11. The number of nitrogens with two attached hydrogens (primary N) is 1. The van der Waals surface area contributed by atoms with Crippen LogP contribution in [0.4, 0.5) is 0 Å². The van der Waals surface area contributed by atoms with Gasteiger partial charge in [0.25, 0.3) is 0 Å². The summed E-state index contributed by atoms with van der Waals surface area (Å²) in [5.74, 6) is 0.990. The van der Waals surface area contributed by atoms with Crippen molar-refractivity contribution in [2.24, 2.45) is 5.73 Å². The zero-order chi connectivity index (χ0) is 12.1. The van der Waals surface area contributed by atoms with Crippen LogP contribution in [0, 0.1) is 0 Å². The van der Waals surface area contributed by atoms with Crippen LogP contribution in [0.1, 0.15) is 57.1 Å². The van der Waals surface area contributed by atoms with Gasteiger partial charge >= 0.3 is 0 Å². The van der Waals surface area contributed by atoms with Crippen LogP contribution in [0.5, 0.6) is 5.75 Å². The van der Waals surface area contributed by atoms with E-state index in [9.17, 15) is 0 Å². The van der Waals surface area contributed by atoms with E-state index in [1.807, 2.05) is 0 Å². The first kappa shape index (κ1) is 12.4. The fourth-order valence-corrected chi connectivity index (χ4v) is 2.40. The van der Waals surface area contributed by atoms with Gasteiger partial charge in [0.2, 0.25) is 0 Å². The van der Waals surface area contributed by atoms with E-state index in [0.717, 1.165) is 12.2 Å². The van der Waals surface area contributed by atoms with E-state index in [0.29, 0.717) is 6.10 Å². The molecule has 0 saturated heterocycles. The lowest BCUT2D eigenvalue weighted by molar-refractivity contribution is 0.155. The molecule has 2 N–H and O–H groups in total. The lowest BCUT2D eigenvalue weighted by Crippen LogP contribution is -2.19. The highest BCUT2D eigenvalue weighted by Gasteiger charge is 2.14. The molecule has 0 aromatic heterocycles. The summed E-state index contributed by atoms with van der Waals surface area (Å²) >= 11 is 0. The molecule has 1 aliphatic carbocycles. The molecule has 17 heavy (non-hydrogen) atoms. The Balaban J connectivity index is 1.93. The molecule has 0 radical (unpaired) electrons. The van der Waals surface area contributed by atoms with Crippen molar-refractivity contribution in [2.45, 2.75) is 57.6 Å². The maximum absolute atomic E-state index is 5.99. The van der Waals surface area contributed by atoms with E-state index < -0.39 is 0 Å². The molecule has 0 bridgehead atoms. The predicted octanol–water partition coefficient (Wildman–Crippen LogP) is 3.81. The van der Waals surface area contributed by atoms with Crippen LogP contribution >= 0.6 is 0 Å². The van der Waals surface area contributed by atoms with E-state index in [1.165, 1.54) is 37.7 Å². The molecule has 2 rings (SSSR count). The van der Waals surface area contributed by atoms with E-state index in [-0.39, 0.29) is 6.04 Å². The van der Waals surface area contributed by atoms with Gasteiger partial charge in [-0.2, -0.15) is 0 Å². The van der Waals surface area contributed by atoms with Gasteiger partial charge in [-0.3, -0.25) is 0 Å². The van der Waals surface area contributed by atoms with Crippen molar-refractivity contribution in [1.82, 2.24) is 0 Å². The Morgan fingerprint density at radius 1 is 1.18 bits per heavy atom. The molecule has 1 saturated carbocycles. The largest absolute Gasteiger partial charge is 0.490 e. The van der Waals surface area contributed by atoms with Gasteiger partial charge in [-0.1, -0.05) is 25.5 Å². The number of rotatable bonds is 4. The second-order valence-electron chi connectivity index (χ2n) is 4.96. The van der Waals surface area contributed by atoms with Crippen LogP contribution in [0.15, 0.2) is 24.3 Å². The third-order valence-electron chi connectivity index (χ3n) is 3.60. The molecule has 1 aliphatic rings. The van der Waals surface area contributed by atoms with E-state index in [1.54, 1.807) is 0 Å². The number of benzene rings is 1. The topological polar surface area (TPSA) is 35.2 Å². The van der Waals surface area contributed by atoms with Gasteiger partial charge < -0.3 is 10.5 Å². The van der Waals surface area contributed by atoms with Gasteiger partial charge in [-0.25, -0.2) is 0 Å². The Bertz CT molecular complexity index is 327. The molecule has 1 atom stereocenters. The molecular formula is C15H23NO. The summed E-state index contributed by atoms with van der Waals surface area (Å²) < 4.78 is 5.98. The Labute approximate surface area is 104 Å². The summed E-state index contributed by atoms with van der Waals surface area (Å²) in [6, 6.07) is 8.44. The maximum Gasteiger partial charge on any atom is 0.119 e. The minimum Gasteiger partial charge on any atom is -0.490 e. The van der Waals surface area contributed by atoms with Crippen LogP contribution < -0.4 is 10.5 Å². The van der Waals surface area contributed by atoms with E-state index >= 15 is 0 Å². The van der Waals surface area contributed by atoms with Crippen LogP contribution in [-0.4, -0.2) is 6.10 Å². The minimum absolute atomic E-state index is 0.152.